The van der Waals surface area contributed by atoms with E-state index in [1.165, 1.54) is 0 Å². The van der Waals surface area contributed by atoms with Crippen LogP contribution in [0.5, 0.6) is 0 Å². The molecule has 15 heavy (non-hydrogen) atoms. The van der Waals surface area contributed by atoms with E-state index < -0.39 is 0 Å². The third-order valence-electron chi connectivity index (χ3n) is 2.46. The third-order valence-corrected chi connectivity index (χ3v) is 2.46. The summed E-state index contributed by atoms with van der Waals surface area (Å²) in [5.74, 6) is -0.173. The summed E-state index contributed by atoms with van der Waals surface area (Å²) >= 11 is 0. The summed E-state index contributed by atoms with van der Waals surface area (Å²) in [4.78, 5) is 24.3. The highest BCUT2D eigenvalue weighted by Gasteiger charge is 2.22. The summed E-state index contributed by atoms with van der Waals surface area (Å²) in [5.41, 5.74) is 0. The zero-order chi connectivity index (χ0) is 11.3. The lowest BCUT2D eigenvalue weighted by Gasteiger charge is -2.31. The minimum absolute atomic E-state index is 0.0250. The normalized spacial score (nSPS) is 19.5. The van der Waals surface area contributed by atoms with Crippen molar-refractivity contribution in [3.8, 4) is 0 Å². The summed E-state index contributed by atoms with van der Waals surface area (Å²) in [6.07, 6.45) is 0.348. The van der Waals surface area contributed by atoms with Gasteiger partial charge in [0.1, 0.15) is 0 Å². The maximum atomic E-state index is 11.2. The van der Waals surface area contributed by atoms with Crippen molar-refractivity contribution in [2.75, 3.05) is 26.2 Å². The van der Waals surface area contributed by atoms with E-state index in [0.29, 0.717) is 26.1 Å². The minimum Gasteiger partial charge on any atom is -0.466 e. The molecule has 1 rings (SSSR count). The summed E-state index contributed by atoms with van der Waals surface area (Å²) in [5, 5.41) is 2.75. The lowest BCUT2D eigenvalue weighted by Crippen LogP contribution is -2.51. The predicted molar refractivity (Wildman–Crippen MR) is 55.3 cm³/mol. The number of hydrogen-bond donors (Lipinski definition) is 1. The van der Waals surface area contributed by atoms with E-state index in [1.54, 1.807) is 6.92 Å². The Bertz CT molecular complexity index is 243. The van der Waals surface area contributed by atoms with Gasteiger partial charge in [0.15, 0.2) is 0 Å². The van der Waals surface area contributed by atoms with Crippen LogP contribution in [0.15, 0.2) is 0 Å². The van der Waals surface area contributed by atoms with Gasteiger partial charge in [0.25, 0.3) is 0 Å². The highest BCUT2D eigenvalue weighted by Crippen LogP contribution is 2.06. The Balaban J connectivity index is 2.35. The van der Waals surface area contributed by atoms with Gasteiger partial charge in [-0.15, -0.1) is 0 Å². The van der Waals surface area contributed by atoms with Gasteiger partial charge in [-0.25, -0.2) is 0 Å². The first-order valence-corrected chi connectivity index (χ1v) is 5.30. The molecule has 1 aliphatic heterocycles. The number of carbonyl (C=O) groups is 2. The Kier molecular flexibility index (Phi) is 4.55. The van der Waals surface area contributed by atoms with Crippen LogP contribution >= 0.6 is 0 Å². The fourth-order valence-corrected chi connectivity index (χ4v) is 1.62. The van der Waals surface area contributed by atoms with Crippen molar-refractivity contribution in [2.24, 2.45) is 0 Å². The van der Waals surface area contributed by atoms with Gasteiger partial charge < -0.3 is 10.1 Å². The molecule has 86 valence electrons. The molecule has 0 aromatic carbocycles. The van der Waals surface area contributed by atoms with E-state index in [2.05, 4.69) is 5.32 Å². The highest BCUT2D eigenvalue weighted by molar-refractivity contribution is 5.79. The lowest BCUT2D eigenvalue weighted by molar-refractivity contribution is -0.145. The second-order valence-electron chi connectivity index (χ2n) is 3.68. The Morgan fingerprint density at radius 2 is 2.40 bits per heavy atom. The average Bonchev–Trinajstić information content (AvgIpc) is 2.18. The fourth-order valence-electron chi connectivity index (χ4n) is 1.62. The molecule has 5 heteroatoms. The molecule has 0 spiro atoms. The molecule has 1 aliphatic rings. The van der Waals surface area contributed by atoms with E-state index in [0.717, 1.165) is 6.54 Å². The maximum Gasteiger partial charge on any atom is 0.307 e. The Hall–Kier alpha value is -1.10. The number of nitrogens with one attached hydrogen (secondary N) is 1. The molecule has 0 aromatic rings. The fraction of sp³-hybridized carbons (Fsp3) is 0.800. The third kappa shape index (κ3) is 3.87. The first-order chi connectivity index (χ1) is 7.13. The smallest absolute Gasteiger partial charge is 0.307 e. The van der Waals surface area contributed by atoms with Crippen LogP contribution in [0.4, 0.5) is 0 Å². The number of nitrogens with zero attached hydrogens (tertiary/aromatic N) is 1. The molecular formula is C10H18N2O3. The Morgan fingerprint density at radius 3 is 3.00 bits per heavy atom. The zero-order valence-electron chi connectivity index (χ0n) is 9.28. The van der Waals surface area contributed by atoms with E-state index in [4.69, 9.17) is 4.74 Å². The standard InChI is InChI=1S/C10H18N2O3/c1-3-15-10(14)6-8(2)12-5-4-11-9(13)7-12/h8H,3-7H2,1-2H3,(H,11,13). The van der Waals surface area contributed by atoms with Crippen molar-refractivity contribution >= 4 is 11.9 Å². The highest BCUT2D eigenvalue weighted by atomic mass is 16.5. The quantitative estimate of drug-likeness (QED) is 0.656. The molecule has 0 aliphatic carbocycles. The van der Waals surface area contributed by atoms with Crippen LogP contribution in [0, 0.1) is 0 Å². The second kappa shape index (κ2) is 5.70. The molecular weight excluding hydrogens is 196 g/mol. The first kappa shape index (κ1) is 12.0. The van der Waals surface area contributed by atoms with E-state index in [9.17, 15) is 9.59 Å². The molecule has 5 nitrogen and oxygen atoms in total. The molecule has 1 N–H and O–H groups in total. The van der Waals surface area contributed by atoms with Crippen molar-refractivity contribution in [1.82, 2.24) is 10.2 Å². The SMILES string of the molecule is CCOC(=O)CC(C)N1CCNC(=O)C1. The summed E-state index contributed by atoms with van der Waals surface area (Å²) in [6.45, 7) is 5.97. The molecule has 1 heterocycles. The molecule has 1 atom stereocenters. The minimum atomic E-state index is -0.198. The maximum absolute atomic E-state index is 11.2. The van der Waals surface area contributed by atoms with Crippen LogP contribution in [0.25, 0.3) is 0 Å². The van der Waals surface area contributed by atoms with E-state index >= 15 is 0 Å². The van der Waals surface area contributed by atoms with Crippen LogP contribution in [0.2, 0.25) is 0 Å². The van der Waals surface area contributed by atoms with Crippen molar-refractivity contribution in [3.05, 3.63) is 0 Å². The number of piperazine rings is 1. The van der Waals surface area contributed by atoms with Crippen molar-refractivity contribution in [3.63, 3.8) is 0 Å². The van der Waals surface area contributed by atoms with Gasteiger partial charge in [0.2, 0.25) is 5.91 Å². The van der Waals surface area contributed by atoms with Gasteiger partial charge in [-0.2, -0.15) is 0 Å². The lowest BCUT2D eigenvalue weighted by atomic mass is 10.2. The molecule has 1 unspecified atom stereocenters. The molecule has 0 saturated carbocycles. The van der Waals surface area contributed by atoms with Crippen molar-refractivity contribution in [2.45, 2.75) is 26.3 Å². The molecule has 1 amide bonds. The molecule has 0 aromatic heterocycles. The van der Waals surface area contributed by atoms with Crippen LogP contribution in [0.3, 0.4) is 0 Å². The number of esters is 1. The topological polar surface area (TPSA) is 58.6 Å². The number of rotatable bonds is 4. The van der Waals surface area contributed by atoms with Gasteiger partial charge in [0.05, 0.1) is 19.6 Å². The van der Waals surface area contributed by atoms with E-state index in [-0.39, 0.29) is 17.9 Å². The summed E-state index contributed by atoms with van der Waals surface area (Å²) in [6, 6.07) is 0.0649. The zero-order valence-corrected chi connectivity index (χ0v) is 9.28. The average molecular weight is 214 g/mol. The molecule has 0 radical (unpaired) electrons. The number of carbonyl (C=O) groups excluding carboxylic acids is 2. The monoisotopic (exact) mass is 214 g/mol. The number of ether oxygens (including phenoxy) is 1. The van der Waals surface area contributed by atoms with Gasteiger partial charge in [-0.3, -0.25) is 14.5 Å². The van der Waals surface area contributed by atoms with Gasteiger partial charge in [-0.05, 0) is 13.8 Å². The van der Waals surface area contributed by atoms with Gasteiger partial charge in [-0.1, -0.05) is 0 Å². The molecule has 1 fully saturated rings. The van der Waals surface area contributed by atoms with E-state index in [1.807, 2.05) is 11.8 Å². The number of amides is 1. The summed E-state index contributed by atoms with van der Waals surface area (Å²) in [7, 11) is 0. The first-order valence-electron chi connectivity index (χ1n) is 5.30. The molecule has 0 bridgehead atoms. The van der Waals surface area contributed by atoms with Gasteiger partial charge in [0, 0.05) is 19.1 Å². The summed E-state index contributed by atoms with van der Waals surface area (Å²) < 4.78 is 4.86. The van der Waals surface area contributed by atoms with Crippen LogP contribution in [-0.2, 0) is 14.3 Å². The molecule has 1 saturated heterocycles. The van der Waals surface area contributed by atoms with Gasteiger partial charge >= 0.3 is 5.97 Å². The van der Waals surface area contributed by atoms with Crippen LogP contribution in [-0.4, -0.2) is 49.1 Å². The Labute approximate surface area is 89.8 Å². The number of hydrogen-bond acceptors (Lipinski definition) is 4. The van der Waals surface area contributed by atoms with Crippen molar-refractivity contribution in [1.29, 1.82) is 0 Å². The Morgan fingerprint density at radius 1 is 1.67 bits per heavy atom. The predicted octanol–water partition coefficient (Wildman–Crippen LogP) is -0.240. The van der Waals surface area contributed by atoms with Crippen molar-refractivity contribution < 1.29 is 14.3 Å². The van der Waals surface area contributed by atoms with Crippen LogP contribution < -0.4 is 5.32 Å². The largest absolute Gasteiger partial charge is 0.466 e. The van der Waals surface area contributed by atoms with Crippen LogP contribution in [0.1, 0.15) is 20.3 Å². The second-order valence-corrected chi connectivity index (χ2v) is 3.68.